The fourth-order valence-corrected chi connectivity index (χ4v) is 4.95. The zero-order valence-electron chi connectivity index (χ0n) is 19.1. The van der Waals surface area contributed by atoms with Crippen molar-refractivity contribution < 1.29 is 9.59 Å². The first-order chi connectivity index (χ1) is 15.4. The normalized spacial score (nSPS) is 14.9. The molecule has 7 nitrogen and oxygen atoms in total. The van der Waals surface area contributed by atoms with Crippen molar-refractivity contribution in [1.82, 2.24) is 25.0 Å². The van der Waals surface area contributed by atoms with Crippen molar-refractivity contribution in [2.45, 2.75) is 58.9 Å². The van der Waals surface area contributed by atoms with Gasteiger partial charge in [-0.1, -0.05) is 6.42 Å². The van der Waals surface area contributed by atoms with Gasteiger partial charge < -0.3 is 10.2 Å². The molecule has 0 unspecified atom stereocenters. The summed E-state index contributed by atoms with van der Waals surface area (Å²) in [5.41, 5.74) is 2.11. The molecule has 1 aliphatic heterocycles. The molecule has 0 atom stereocenters. The van der Waals surface area contributed by atoms with E-state index in [0.29, 0.717) is 25.1 Å². The van der Waals surface area contributed by atoms with E-state index in [1.807, 2.05) is 21.7 Å². The molecule has 1 N–H and O–H groups in total. The van der Waals surface area contributed by atoms with Crippen LogP contribution in [0, 0.1) is 6.92 Å². The van der Waals surface area contributed by atoms with Crippen LogP contribution in [0.2, 0.25) is 0 Å². The Labute approximate surface area is 192 Å². The molecule has 3 aromatic rings. The number of rotatable bonds is 7. The maximum Gasteiger partial charge on any atom is 0.252 e. The number of fused-ring (bicyclic) bond motifs is 1. The highest BCUT2D eigenvalue weighted by atomic mass is 32.1. The Morgan fingerprint density at radius 2 is 2.09 bits per heavy atom. The monoisotopic (exact) mass is 453 g/mol. The molecule has 0 bridgehead atoms. The van der Waals surface area contributed by atoms with Crippen LogP contribution in [-0.2, 0) is 4.79 Å². The highest BCUT2D eigenvalue weighted by Crippen LogP contribution is 2.30. The number of carbonyl (C=O) groups is 2. The SMILES string of the molecule is Cc1ccc(-c2cc(C(=O)NCCCN3CCCCCC3=O)c3cnn(C(C)C)c3n2)s1. The van der Waals surface area contributed by atoms with Gasteiger partial charge >= 0.3 is 0 Å². The molecule has 0 aromatic carbocycles. The number of hydrogen-bond donors (Lipinski definition) is 1. The molecule has 1 saturated heterocycles. The highest BCUT2D eigenvalue weighted by molar-refractivity contribution is 7.15. The van der Waals surface area contributed by atoms with Crippen LogP contribution in [-0.4, -0.2) is 51.1 Å². The molecule has 0 saturated carbocycles. The second-order valence-electron chi connectivity index (χ2n) is 8.69. The lowest BCUT2D eigenvalue weighted by Crippen LogP contribution is -2.34. The van der Waals surface area contributed by atoms with E-state index in [4.69, 9.17) is 4.98 Å². The van der Waals surface area contributed by atoms with Crippen LogP contribution in [0.1, 0.15) is 67.2 Å². The van der Waals surface area contributed by atoms with Crippen LogP contribution < -0.4 is 5.32 Å². The minimum absolute atomic E-state index is 0.127. The maximum absolute atomic E-state index is 13.1. The Morgan fingerprint density at radius 3 is 2.84 bits per heavy atom. The van der Waals surface area contributed by atoms with Gasteiger partial charge in [0, 0.05) is 37.0 Å². The van der Waals surface area contributed by atoms with Gasteiger partial charge in [-0.05, 0) is 58.2 Å². The van der Waals surface area contributed by atoms with E-state index in [-0.39, 0.29) is 17.9 Å². The molecule has 0 aliphatic carbocycles. The summed E-state index contributed by atoms with van der Waals surface area (Å²) >= 11 is 1.66. The average molecular weight is 454 g/mol. The topological polar surface area (TPSA) is 80.1 Å². The Kier molecular flexibility index (Phi) is 6.89. The minimum atomic E-state index is -0.127. The first kappa shape index (κ1) is 22.5. The van der Waals surface area contributed by atoms with Gasteiger partial charge in [-0.25, -0.2) is 9.67 Å². The molecule has 1 fully saturated rings. The third-order valence-corrected chi connectivity index (χ3v) is 6.88. The standard InChI is InChI=1S/C24H31N5O2S/c1-16(2)29-23-19(15-26-29)18(14-20(27-23)21-10-9-17(3)32-21)24(31)25-11-7-13-28-12-6-4-5-8-22(28)30/h9-10,14-16H,4-8,11-13H2,1-3H3,(H,25,31). The molecule has 0 spiro atoms. The van der Waals surface area contributed by atoms with Crippen molar-refractivity contribution in [3.8, 4) is 10.6 Å². The molecule has 0 radical (unpaired) electrons. The van der Waals surface area contributed by atoms with Gasteiger partial charge in [0.1, 0.15) is 0 Å². The minimum Gasteiger partial charge on any atom is -0.352 e. The first-order valence-electron chi connectivity index (χ1n) is 11.4. The van der Waals surface area contributed by atoms with Gasteiger partial charge in [-0.2, -0.15) is 5.10 Å². The summed E-state index contributed by atoms with van der Waals surface area (Å²) < 4.78 is 1.86. The van der Waals surface area contributed by atoms with E-state index < -0.39 is 0 Å². The number of aromatic nitrogens is 3. The van der Waals surface area contributed by atoms with Crippen molar-refractivity contribution in [2.24, 2.45) is 0 Å². The Hall–Kier alpha value is -2.74. The van der Waals surface area contributed by atoms with Crippen molar-refractivity contribution >= 4 is 34.2 Å². The lowest BCUT2D eigenvalue weighted by Gasteiger charge is -2.20. The second kappa shape index (κ2) is 9.81. The molecule has 4 rings (SSSR count). The van der Waals surface area contributed by atoms with Crippen LogP contribution in [0.4, 0.5) is 0 Å². The molecule has 4 heterocycles. The number of nitrogens with one attached hydrogen (secondary N) is 1. The van der Waals surface area contributed by atoms with E-state index in [2.05, 4.69) is 37.3 Å². The Morgan fingerprint density at radius 1 is 1.25 bits per heavy atom. The number of amides is 2. The third-order valence-electron chi connectivity index (χ3n) is 5.86. The summed E-state index contributed by atoms with van der Waals surface area (Å²) in [6, 6.07) is 6.12. The van der Waals surface area contributed by atoms with Crippen LogP contribution >= 0.6 is 11.3 Å². The van der Waals surface area contributed by atoms with E-state index in [9.17, 15) is 9.59 Å². The lowest BCUT2D eigenvalue weighted by atomic mass is 10.1. The van der Waals surface area contributed by atoms with E-state index in [1.165, 1.54) is 4.88 Å². The first-order valence-corrected chi connectivity index (χ1v) is 12.3. The van der Waals surface area contributed by atoms with E-state index in [1.54, 1.807) is 17.5 Å². The third kappa shape index (κ3) is 4.85. The molecule has 1 aliphatic rings. The van der Waals surface area contributed by atoms with Crippen molar-refractivity contribution in [3.05, 3.63) is 34.8 Å². The van der Waals surface area contributed by atoms with Crippen LogP contribution in [0.3, 0.4) is 0 Å². The number of thiophene rings is 1. The fourth-order valence-electron chi connectivity index (χ4n) is 4.12. The quantitative estimate of drug-likeness (QED) is 0.532. The number of likely N-dealkylation sites (tertiary alicyclic amines) is 1. The molecule has 2 amide bonds. The molecule has 3 aromatic heterocycles. The molecular weight excluding hydrogens is 422 g/mol. The molecule has 32 heavy (non-hydrogen) atoms. The second-order valence-corrected chi connectivity index (χ2v) is 9.97. The maximum atomic E-state index is 13.1. The fraction of sp³-hybridized carbons (Fsp3) is 0.500. The number of pyridine rings is 1. The van der Waals surface area contributed by atoms with Gasteiger partial charge in [0.05, 0.1) is 27.7 Å². The van der Waals surface area contributed by atoms with E-state index in [0.717, 1.165) is 53.8 Å². The average Bonchev–Trinajstić information content (AvgIpc) is 3.34. The summed E-state index contributed by atoms with van der Waals surface area (Å²) in [5.74, 6) is 0.110. The van der Waals surface area contributed by atoms with Gasteiger partial charge in [0.15, 0.2) is 5.65 Å². The summed E-state index contributed by atoms with van der Waals surface area (Å²) in [6.45, 7) is 8.22. The molecular formula is C24H31N5O2S. The largest absolute Gasteiger partial charge is 0.352 e. The lowest BCUT2D eigenvalue weighted by molar-refractivity contribution is -0.130. The number of aryl methyl sites for hydroxylation is 1. The van der Waals surface area contributed by atoms with Crippen LogP contribution in [0.25, 0.3) is 21.6 Å². The zero-order valence-corrected chi connectivity index (χ0v) is 19.9. The zero-order chi connectivity index (χ0) is 22.7. The Balaban J connectivity index is 1.51. The predicted molar refractivity (Wildman–Crippen MR) is 128 cm³/mol. The summed E-state index contributed by atoms with van der Waals surface area (Å²) in [4.78, 5) is 34.3. The summed E-state index contributed by atoms with van der Waals surface area (Å²) in [6.07, 6.45) is 6.29. The number of nitrogens with zero attached hydrogens (tertiary/aromatic N) is 4. The van der Waals surface area contributed by atoms with Gasteiger partial charge in [-0.3, -0.25) is 9.59 Å². The van der Waals surface area contributed by atoms with Gasteiger partial charge in [0.25, 0.3) is 5.91 Å². The smallest absolute Gasteiger partial charge is 0.252 e. The predicted octanol–water partition coefficient (Wildman–Crippen LogP) is 4.57. The van der Waals surface area contributed by atoms with Crippen molar-refractivity contribution in [3.63, 3.8) is 0 Å². The highest BCUT2D eigenvalue weighted by Gasteiger charge is 2.20. The number of carbonyl (C=O) groups excluding carboxylic acids is 2. The van der Waals surface area contributed by atoms with E-state index >= 15 is 0 Å². The molecule has 170 valence electrons. The summed E-state index contributed by atoms with van der Waals surface area (Å²) in [5, 5.41) is 8.29. The van der Waals surface area contributed by atoms with Crippen molar-refractivity contribution in [2.75, 3.05) is 19.6 Å². The van der Waals surface area contributed by atoms with Gasteiger partial charge in [0.2, 0.25) is 5.91 Å². The summed E-state index contributed by atoms with van der Waals surface area (Å²) in [7, 11) is 0. The van der Waals surface area contributed by atoms with Gasteiger partial charge in [-0.15, -0.1) is 11.3 Å². The molecule has 8 heteroatoms. The Bertz CT molecular complexity index is 1120. The van der Waals surface area contributed by atoms with Crippen LogP contribution in [0.5, 0.6) is 0 Å². The number of hydrogen-bond acceptors (Lipinski definition) is 5. The van der Waals surface area contributed by atoms with Crippen LogP contribution in [0.15, 0.2) is 24.4 Å². The van der Waals surface area contributed by atoms with Crippen molar-refractivity contribution in [1.29, 1.82) is 0 Å².